The molecule has 0 spiro atoms. The average molecular weight is 319 g/mol. The van der Waals surface area contributed by atoms with E-state index in [2.05, 4.69) is 9.82 Å². The zero-order valence-corrected chi connectivity index (χ0v) is 12.9. The summed E-state index contributed by atoms with van der Waals surface area (Å²) in [4.78, 5) is 0.954. The molecule has 0 aliphatic heterocycles. The molecule has 0 fully saturated rings. The van der Waals surface area contributed by atoms with Crippen LogP contribution in [0, 0.1) is 6.92 Å². The summed E-state index contributed by atoms with van der Waals surface area (Å²) in [6.45, 7) is 1.88. The first-order valence-electron chi connectivity index (χ1n) is 6.24. The summed E-state index contributed by atoms with van der Waals surface area (Å²) in [5.41, 5.74) is 1.17. The van der Waals surface area contributed by atoms with Crippen LogP contribution in [0.2, 0.25) is 0 Å². The van der Waals surface area contributed by atoms with Gasteiger partial charge in [-0.2, -0.15) is 5.10 Å². The van der Waals surface area contributed by atoms with E-state index >= 15 is 0 Å². The Labute approximate surface area is 126 Å². The van der Waals surface area contributed by atoms with Crippen LogP contribution in [0.5, 0.6) is 0 Å². The van der Waals surface area contributed by atoms with E-state index in [0.717, 1.165) is 4.88 Å². The van der Waals surface area contributed by atoms with Gasteiger partial charge >= 0.3 is 0 Å². The molecule has 1 aromatic carbocycles. The number of aryl methyl sites for hydroxylation is 1. The molecule has 2 aromatic heterocycles. The maximum Gasteiger partial charge on any atom is 0.271 e. The minimum atomic E-state index is -3.58. The fourth-order valence-electron chi connectivity index (χ4n) is 1.92. The third-order valence-corrected chi connectivity index (χ3v) is 5.74. The highest BCUT2D eigenvalue weighted by atomic mass is 32.2. The largest absolute Gasteiger partial charge is 0.277 e. The Balaban J connectivity index is 1.99. The first-order valence-corrected chi connectivity index (χ1v) is 8.54. The number of sulfonamides is 1. The van der Waals surface area contributed by atoms with Gasteiger partial charge in [0.25, 0.3) is 10.0 Å². The highest BCUT2D eigenvalue weighted by molar-refractivity contribution is 7.94. The molecule has 0 bridgehead atoms. The molecular formula is C14H13N3O2S2. The number of rotatable bonds is 4. The quantitative estimate of drug-likeness (QED) is 0.804. The maximum absolute atomic E-state index is 12.4. The zero-order chi connectivity index (χ0) is 14.9. The highest BCUT2D eigenvalue weighted by Gasteiger charge is 2.18. The number of benzene rings is 1. The summed E-state index contributed by atoms with van der Waals surface area (Å²) < 4.78 is 29.4. The lowest BCUT2D eigenvalue weighted by atomic mass is 10.3. The minimum absolute atomic E-state index is 0.301. The van der Waals surface area contributed by atoms with Gasteiger partial charge in [0.15, 0.2) is 0 Å². The Bertz CT molecular complexity index is 852. The van der Waals surface area contributed by atoms with Crippen molar-refractivity contribution in [3.63, 3.8) is 0 Å². The molecule has 108 valence electrons. The van der Waals surface area contributed by atoms with Gasteiger partial charge in [-0.1, -0.05) is 12.1 Å². The Morgan fingerprint density at radius 2 is 1.95 bits per heavy atom. The van der Waals surface area contributed by atoms with Crippen LogP contribution in [0.25, 0.3) is 5.69 Å². The van der Waals surface area contributed by atoms with E-state index < -0.39 is 10.0 Å². The summed E-state index contributed by atoms with van der Waals surface area (Å²) in [7, 11) is -3.58. The van der Waals surface area contributed by atoms with Gasteiger partial charge in [0.1, 0.15) is 4.21 Å². The van der Waals surface area contributed by atoms with E-state index in [0.29, 0.717) is 15.6 Å². The van der Waals surface area contributed by atoms with Crippen molar-refractivity contribution < 1.29 is 8.42 Å². The predicted octanol–water partition coefficient (Wildman–Crippen LogP) is 3.04. The molecule has 0 saturated heterocycles. The van der Waals surface area contributed by atoms with E-state index in [1.54, 1.807) is 47.4 Å². The van der Waals surface area contributed by atoms with Crippen LogP contribution in [0.4, 0.5) is 5.69 Å². The van der Waals surface area contributed by atoms with Crippen molar-refractivity contribution in [2.24, 2.45) is 0 Å². The number of thiophene rings is 1. The van der Waals surface area contributed by atoms with Gasteiger partial charge in [-0.25, -0.2) is 13.1 Å². The van der Waals surface area contributed by atoms with E-state index in [9.17, 15) is 8.42 Å². The van der Waals surface area contributed by atoms with Crippen LogP contribution in [-0.4, -0.2) is 18.2 Å². The number of nitrogens with zero attached hydrogens (tertiary/aromatic N) is 2. The van der Waals surface area contributed by atoms with Gasteiger partial charge in [0.2, 0.25) is 0 Å². The molecule has 0 aliphatic rings. The van der Waals surface area contributed by atoms with Crippen LogP contribution in [-0.2, 0) is 10.0 Å². The van der Waals surface area contributed by atoms with Crippen LogP contribution in [0.1, 0.15) is 4.88 Å². The molecule has 0 amide bonds. The van der Waals surface area contributed by atoms with Crippen LogP contribution in [0.3, 0.4) is 0 Å². The molecule has 0 unspecified atom stereocenters. The Morgan fingerprint density at radius 3 is 2.62 bits per heavy atom. The molecule has 3 aromatic rings. The summed E-state index contributed by atoms with van der Waals surface area (Å²) in [5.74, 6) is 0. The van der Waals surface area contributed by atoms with Crippen molar-refractivity contribution in [3.8, 4) is 5.69 Å². The van der Waals surface area contributed by atoms with Crippen molar-refractivity contribution in [1.82, 2.24) is 9.78 Å². The summed E-state index contributed by atoms with van der Waals surface area (Å²) in [5, 5.41) is 4.14. The van der Waals surface area contributed by atoms with E-state index in [1.807, 2.05) is 19.1 Å². The summed E-state index contributed by atoms with van der Waals surface area (Å²) in [6.07, 6.45) is 3.41. The third kappa shape index (κ3) is 2.84. The van der Waals surface area contributed by atoms with E-state index in [4.69, 9.17) is 0 Å². The lowest BCUT2D eigenvalue weighted by Crippen LogP contribution is -2.13. The molecule has 5 nitrogen and oxygen atoms in total. The van der Waals surface area contributed by atoms with Crippen molar-refractivity contribution in [1.29, 1.82) is 0 Å². The van der Waals surface area contributed by atoms with Crippen molar-refractivity contribution in [2.45, 2.75) is 11.1 Å². The second-order valence-corrected chi connectivity index (χ2v) is 7.64. The second kappa shape index (κ2) is 5.34. The molecule has 0 aliphatic carbocycles. The first-order chi connectivity index (χ1) is 10.1. The van der Waals surface area contributed by atoms with Gasteiger partial charge in [0, 0.05) is 17.3 Å². The number of anilines is 1. The topological polar surface area (TPSA) is 64.0 Å². The lowest BCUT2D eigenvalue weighted by Gasteiger charge is -2.11. The third-order valence-electron chi connectivity index (χ3n) is 2.88. The molecule has 7 heteroatoms. The molecule has 0 saturated carbocycles. The van der Waals surface area contributed by atoms with Crippen molar-refractivity contribution in [3.05, 3.63) is 59.7 Å². The van der Waals surface area contributed by atoms with Crippen LogP contribution >= 0.6 is 11.3 Å². The second-order valence-electron chi connectivity index (χ2n) is 4.44. The highest BCUT2D eigenvalue weighted by Crippen LogP contribution is 2.26. The van der Waals surface area contributed by atoms with Gasteiger partial charge in [-0.3, -0.25) is 4.72 Å². The molecule has 0 radical (unpaired) electrons. The Hall–Kier alpha value is -2.12. The number of hydrogen-bond donors (Lipinski definition) is 1. The van der Waals surface area contributed by atoms with Crippen LogP contribution in [0.15, 0.2) is 59.1 Å². The summed E-state index contributed by atoms with van der Waals surface area (Å²) in [6, 6.07) is 12.3. The smallest absolute Gasteiger partial charge is 0.271 e. The fraction of sp³-hybridized carbons (Fsp3) is 0.0714. The Kier molecular flexibility index (Phi) is 3.52. The molecule has 2 heterocycles. The number of aromatic nitrogens is 2. The normalized spacial score (nSPS) is 11.5. The Morgan fingerprint density at radius 1 is 1.14 bits per heavy atom. The standard InChI is InChI=1S/C14H13N3O2S2/c1-11-7-8-14(20-11)21(18,19)16-12-5-2-3-6-13(12)17-10-4-9-15-17/h2-10,16H,1H3. The van der Waals surface area contributed by atoms with Crippen molar-refractivity contribution in [2.75, 3.05) is 4.72 Å². The van der Waals surface area contributed by atoms with Crippen molar-refractivity contribution >= 4 is 27.0 Å². The van der Waals surface area contributed by atoms with Crippen LogP contribution < -0.4 is 4.72 Å². The SMILES string of the molecule is Cc1ccc(S(=O)(=O)Nc2ccccc2-n2cccn2)s1. The minimum Gasteiger partial charge on any atom is -0.277 e. The lowest BCUT2D eigenvalue weighted by molar-refractivity contribution is 0.603. The maximum atomic E-state index is 12.4. The predicted molar refractivity (Wildman–Crippen MR) is 83.4 cm³/mol. The molecule has 1 N–H and O–H groups in total. The monoisotopic (exact) mass is 319 g/mol. The first kappa shape index (κ1) is 13.8. The summed E-state index contributed by atoms with van der Waals surface area (Å²) >= 11 is 1.24. The van der Waals surface area contributed by atoms with E-state index in [1.165, 1.54) is 11.3 Å². The number of nitrogens with one attached hydrogen (secondary N) is 1. The van der Waals surface area contributed by atoms with Gasteiger partial charge in [-0.15, -0.1) is 11.3 Å². The number of hydrogen-bond acceptors (Lipinski definition) is 4. The average Bonchev–Trinajstić information content (AvgIpc) is 3.10. The zero-order valence-electron chi connectivity index (χ0n) is 11.2. The fourth-order valence-corrected chi connectivity index (χ4v) is 4.28. The molecular weight excluding hydrogens is 306 g/mol. The number of para-hydroxylation sites is 2. The van der Waals surface area contributed by atoms with Gasteiger partial charge in [0.05, 0.1) is 11.4 Å². The van der Waals surface area contributed by atoms with E-state index in [-0.39, 0.29) is 0 Å². The molecule has 3 rings (SSSR count). The van der Waals surface area contributed by atoms with Gasteiger partial charge in [-0.05, 0) is 37.3 Å². The molecule has 21 heavy (non-hydrogen) atoms. The van der Waals surface area contributed by atoms with Gasteiger partial charge < -0.3 is 0 Å². The molecule has 0 atom stereocenters.